The lowest BCUT2D eigenvalue weighted by atomic mass is 10.2. The minimum absolute atomic E-state index is 0.0638. The van der Waals surface area contributed by atoms with Crippen molar-refractivity contribution >= 4 is 33.5 Å². The average molecular weight is 404 g/mol. The van der Waals surface area contributed by atoms with Crippen LogP contribution in [0.25, 0.3) is 0 Å². The van der Waals surface area contributed by atoms with Crippen LogP contribution in [0.1, 0.15) is 15.9 Å². The second-order valence-electron chi connectivity index (χ2n) is 4.50. The summed E-state index contributed by atoms with van der Waals surface area (Å²) in [6, 6.07) is 7.07. The van der Waals surface area contributed by atoms with Crippen molar-refractivity contribution in [1.29, 1.82) is 0 Å². The van der Waals surface area contributed by atoms with E-state index in [1.165, 1.54) is 26.4 Å². The highest BCUT2D eigenvalue weighted by Gasteiger charge is 2.16. The van der Waals surface area contributed by atoms with Gasteiger partial charge in [-0.25, -0.2) is 9.18 Å². The molecule has 23 heavy (non-hydrogen) atoms. The fourth-order valence-electron chi connectivity index (χ4n) is 1.88. The smallest absolute Gasteiger partial charge is 0.341 e. The molecule has 0 spiro atoms. The van der Waals surface area contributed by atoms with Gasteiger partial charge in [0.2, 0.25) is 0 Å². The Kier molecular flexibility index (Phi) is 5.85. The van der Waals surface area contributed by atoms with Gasteiger partial charge in [-0.1, -0.05) is 27.5 Å². The van der Waals surface area contributed by atoms with E-state index in [2.05, 4.69) is 15.9 Å². The van der Waals surface area contributed by atoms with Crippen LogP contribution in [-0.4, -0.2) is 20.2 Å². The molecule has 0 amide bonds. The quantitative estimate of drug-likeness (QED) is 0.684. The van der Waals surface area contributed by atoms with Crippen molar-refractivity contribution in [2.75, 3.05) is 14.2 Å². The van der Waals surface area contributed by atoms with E-state index in [-0.39, 0.29) is 17.2 Å². The number of rotatable bonds is 5. The molecular weight excluding hydrogens is 391 g/mol. The molecule has 4 nitrogen and oxygen atoms in total. The second-order valence-corrected chi connectivity index (χ2v) is 5.79. The lowest BCUT2D eigenvalue weighted by molar-refractivity contribution is 0.0466. The molecule has 0 atom stereocenters. The fraction of sp³-hybridized carbons (Fsp3) is 0.188. The van der Waals surface area contributed by atoms with Crippen LogP contribution in [-0.2, 0) is 11.3 Å². The summed E-state index contributed by atoms with van der Waals surface area (Å²) in [6.07, 6.45) is 0. The number of hydrogen-bond donors (Lipinski definition) is 0. The molecule has 0 saturated heterocycles. The number of hydrogen-bond acceptors (Lipinski definition) is 4. The van der Waals surface area contributed by atoms with Gasteiger partial charge in [0.05, 0.1) is 19.8 Å². The maximum atomic E-state index is 13.6. The van der Waals surface area contributed by atoms with Crippen molar-refractivity contribution < 1.29 is 23.4 Å². The van der Waals surface area contributed by atoms with Gasteiger partial charge in [-0.2, -0.15) is 0 Å². The van der Waals surface area contributed by atoms with Crippen LogP contribution >= 0.6 is 27.5 Å². The fourth-order valence-corrected chi connectivity index (χ4v) is 2.49. The standard InChI is InChI=1S/C16H13BrClFO4/c1-21-14-5-9(12(17)7-15(14)22-2)8-23-16(20)11-6-10(18)3-4-13(11)19/h3-7H,8H2,1-2H3. The summed E-state index contributed by atoms with van der Waals surface area (Å²) in [5.74, 6) is -0.455. The van der Waals surface area contributed by atoms with Crippen molar-refractivity contribution in [2.24, 2.45) is 0 Å². The predicted molar refractivity (Wildman–Crippen MR) is 87.8 cm³/mol. The van der Waals surface area contributed by atoms with Gasteiger partial charge < -0.3 is 14.2 Å². The van der Waals surface area contributed by atoms with Crippen molar-refractivity contribution in [3.63, 3.8) is 0 Å². The molecule has 0 saturated carbocycles. The van der Waals surface area contributed by atoms with Crippen LogP contribution in [0, 0.1) is 5.82 Å². The third-order valence-electron chi connectivity index (χ3n) is 3.06. The summed E-state index contributed by atoms with van der Waals surface area (Å²) in [5.41, 5.74) is 0.438. The first-order valence-corrected chi connectivity index (χ1v) is 7.66. The summed E-state index contributed by atoms with van der Waals surface area (Å²) in [6.45, 7) is -0.0638. The first kappa shape index (κ1) is 17.6. The molecule has 2 aromatic rings. The molecule has 0 fully saturated rings. The Morgan fingerprint density at radius 1 is 1.17 bits per heavy atom. The molecule has 0 bridgehead atoms. The zero-order valence-electron chi connectivity index (χ0n) is 12.4. The normalized spacial score (nSPS) is 10.3. The molecule has 0 radical (unpaired) electrons. The Balaban J connectivity index is 2.17. The molecule has 0 aliphatic heterocycles. The van der Waals surface area contributed by atoms with Gasteiger partial charge in [0, 0.05) is 15.1 Å². The average Bonchev–Trinajstić information content (AvgIpc) is 2.55. The minimum Gasteiger partial charge on any atom is -0.493 e. The summed E-state index contributed by atoms with van der Waals surface area (Å²) < 4.78 is 29.8. The van der Waals surface area contributed by atoms with E-state index in [9.17, 15) is 9.18 Å². The third-order valence-corrected chi connectivity index (χ3v) is 4.03. The lowest BCUT2D eigenvalue weighted by Gasteiger charge is -2.12. The maximum Gasteiger partial charge on any atom is 0.341 e. The van der Waals surface area contributed by atoms with Crippen molar-refractivity contribution in [3.05, 3.63) is 56.8 Å². The first-order valence-electron chi connectivity index (χ1n) is 6.48. The highest BCUT2D eigenvalue weighted by atomic mass is 79.9. The van der Waals surface area contributed by atoms with E-state index in [1.54, 1.807) is 12.1 Å². The molecule has 0 aromatic heterocycles. The molecule has 0 N–H and O–H groups in total. The first-order chi connectivity index (χ1) is 11.0. The van der Waals surface area contributed by atoms with Gasteiger partial charge in [-0.15, -0.1) is 0 Å². The molecule has 0 unspecified atom stereocenters. The lowest BCUT2D eigenvalue weighted by Crippen LogP contribution is -2.08. The summed E-state index contributed by atoms with van der Waals surface area (Å²) in [4.78, 5) is 12.0. The molecular formula is C16H13BrClFO4. The molecule has 2 aromatic carbocycles. The van der Waals surface area contributed by atoms with Gasteiger partial charge in [0.1, 0.15) is 12.4 Å². The van der Waals surface area contributed by atoms with Gasteiger partial charge in [-0.3, -0.25) is 0 Å². The zero-order valence-corrected chi connectivity index (χ0v) is 14.7. The van der Waals surface area contributed by atoms with E-state index >= 15 is 0 Å². The molecule has 122 valence electrons. The Bertz CT molecular complexity index is 736. The van der Waals surface area contributed by atoms with E-state index in [0.717, 1.165) is 6.07 Å². The number of carbonyl (C=O) groups excluding carboxylic acids is 1. The Hall–Kier alpha value is -1.79. The van der Waals surface area contributed by atoms with Crippen LogP contribution in [0.3, 0.4) is 0 Å². The van der Waals surface area contributed by atoms with Crippen LogP contribution in [0.2, 0.25) is 5.02 Å². The molecule has 0 aliphatic rings. The van der Waals surface area contributed by atoms with Gasteiger partial charge in [-0.05, 0) is 30.3 Å². The number of carbonyl (C=O) groups is 1. The minimum atomic E-state index is -0.799. The molecule has 2 rings (SSSR count). The number of ether oxygens (including phenoxy) is 3. The number of esters is 1. The molecule has 7 heteroatoms. The van der Waals surface area contributed by atoms with Crippen molar-refractivity contribution in [2.45, 2.75) is 6.61 Å². The van der Waals surface area contributed by atoms with E-state index < -0.39 is 11.8 Å². The molecule has 0 aliphatic carbocycles. The van der Waals surface area contributed by atoms with Crippen molar-refractivity contribution in [1.82, 2.24) is 0 Å². The van der Waals surface area contributed by atoms with E-state index in [1.807, 2.05) is 0 Å². The molecule has 0 heterocycles. The Morgan fingerprint density at radius 3 is 2.48 bits per heavy atom. The van der Waals surface area contributed by atoms with Gasteiger partial charge >= 0.3 is 5.97 Å². The SMILES string of the molecule is COc1cc(Br)c(COC(=O)c2cc(Cl)ccc2F)cc1OC. The topological polar surface area (TPSA) is 44.8 Å². The number of halogens is 3. The number of methoxy groups -OCH3 is 2. The van der Waals surface area contributed by atoms with Gasteiger partial charge in [0.25, 0.3) is 0 Å². The summed E-state index contributed by atoms with van der Waals surface area (Å²) in [5, 5.41) is 0.255. The van der Waals surface area contributed by atoms with Crippen LogP contribution in [0.5, 0.6) is 11.5 Å². The number of benzene rings is 2. The van der Waals surface area contributed by atoms with E-state index in [0.29, 0.717) is 21.5 Å². The van der Waals surface area contributed by atoms with Crippen molar-refractivity contribution in [3.8, 4) is 11.5 Å². The second kappa shape index (κ2) is 7.66. The third kappa shape index (κ3) is 4.14. The van der Waals surface area contributed by atoms with Crippen LogP contribution in [0.15, 0.2) is 34.8 Å². The zero-order chi connectivity index (χ0) is 17.0. The predicted octanol–water partition coefficient (Wildman–Crippen LogP) is 4.62. The van der Waals surface area contributed by atoms with Gasteiger partial charge in [0.15, 0.2) is 11.5 Å². The monoisotopic (exact) mass is 402 g/mol. The summed E-state index contributed by atoms with van der Waals surface area (Å²) >= 11 is 9.13. The Morgan fingerprint density at radius 2 is 1.83 bits per heavy atom. The summed E-state index contributed by atoms with van der Waals surface area (Å²) in [7, 11) is 3.02. The highest BCUT2D eigenvalue weighted by molar-refractivity contribution is 9.10. The largest absolute Gasteiger partial charge is 0.493 e. The van der Waals surface area contributed by atoms with Crippen LogP contribution < -0.4 is 9.47 Å². The Labute approximate surface area is 146 Å². The maximum absolute atomic E-state index is 13.6. The van der Waals surface area contributed by atoms with E-state index in [4.69, 9.17) is 25.8 Å². The van der Waals surface area contributed by atoms with Crippen LogP contribution in [0.4, 0.5) is 4.39 Å². The highest BCUT2D eigenvalue weighted by Crippen LogP contribution is 2.33.